The fraction of sp³-hybridized carbons (Fsp3) is 0.429. The lowest BCUT2D eigenvalue weighted by Gasteiger charge is -2.37. The maximum atomic E-state index is 10.9. The number of esters is 1. The molecular formula is C28H33N3O4S. The van der Waals surface area contributed by atoms with E-state index in [1.54, 1.807) is 11.6 Å². The Morgan fingerprint density at radius 2 is 1.89 bits per heavy atom. The van der Waals surface area contributed by atoms with Crippen LogP contribution in [0.5, 0.6) is 11.6 Å². The third kappa shape index (κ3) is 6.23. The first-order chi connectivity index (χ1) is 17.7. The van der Waals surface area contributed by atoms with Gasteiger partial charge in [0.15, 0.2) is 0 Å². The van der Waals surface area contributed by atoms with Crippen LogP contribution in [0.25, 0.3) is 10.9 Å². The summed E-state index contributed by atoms with van der Waals surface area (Å²) in [4.78, 5) is 22.0. The molecule has 5 rings (SSSR count). The lowest BCUT2D eigenvalue weighted by atomic mass is 10.1. The van der Waals surface area contributed by atoms with Gasteiger partial charge < -0.3 is 19.1 Å². The van der Waals surface area contributed by atoms with Crippen molar-refractivity contribution in [2.24, 2.45) is 0 Å². The number of aromatic nitrogens is 1. The average molecular weight is 508 g/mol. The second-order valence-corrected chi connectivity index (χ2v) is 10.3. The lowest BCUT2D eigenvalue weighted by molar-refractivity contribution is -0.147. The van der Waals surface area contributed by atoms with Gasteiger partial charge in [-0.15, -0.1) is 11.8 Å². The van der Waals surface area contributed by atoms with Crippen LogP contribution >= 0.6 is 11.8 Å². The van der Waals surface area contributed by atoms with Crippen molar-refractivity contribution in [3.8, 4) is 11.6 Å². The Hall–Kier alpha value is -2.97. The molecule has 0 amide bonds. The molecule has 8 heteroatoms. The zero-order valence-corrected chi connectivity index (χ0v) is 21.6. The van der Waals surface area contributed by atoms with Gasteiger partial charge in [-0.1, -0.05) is 6.07 Å². The molecule has 2 aliphatic rings. The predicted octanol–water partition coefficient (Wildman–Crippen LogP) is 4.76. The highest BCUT2D eigenvalue weighted by atomic mass is 32.2. The van der Waals surface area contributed by atoms with E-state index in [0.717, 1.165) is 62.2 Å². The van der Waals surface area contributed by atoms with Crippen LogP contribution in [0.1, 0.15) is 25.3 Å². The Kier molecular flexibility index (Phi) is 8.13. The minimum atomic E-state index is -0.386. The molecule has 2 aromatic carbocycles. The highest BCUT2D eigenvalue weighted by Crippen LogP contribution is 2.37. The number of fused-ring (bicyclic) bond motifs is 2. The van der Waals surface area contributed by atoms with Crippen LogP contribution in [-0.2, 0) is 16.0 Å². The molecule has 3 aromatic rings. The van der Waals surface area contributed by atoms with E-state index >= 15 is 0 Å². The first kappa shape index (κ1) is 24.7. The summed E-state index contributed by atoms with van der Waals surface area (Å²) in [6.07, 6.45) is 3.34. The number of pyridine rings is 1. The molecule has 1 aromatic heterocycles. The van der Waals surface area contributed by atoms with Crippen molar-refractivity contribution in [1.29, 1.82) is 0 Å². The summed E-state index contributed by atoms with van der Waals surface area (Å²) in [5.41, 5.74) is 3.80. The molecule has 0 aliphatic carbocycles. The third-order valence-corrected chi connectivity index (χ3v) is 7.78. The maximum Gasteiger partial charge on any atom is 0.305 e. The van der Waals surface area contributed by atoms with Gasteiger partial charge in [0, 0.05) is 67.0 Å². The molecule has 0 spiro atoms. The molecule has 36 heavy (non-hydrogen) atoms. The number of hydrogen-bond acceptors (Lipinski definition) is 8. The smallest absolute Gasteiger partial charge is 0.305 e. The van der Waals surface area contributed by atoms with Crippen molar-refractivity contribution in [3.05, 3.63) is 54.1 Å². The first-order valence-electron chi connectivity index (χ1n) is 12.7. The topological polar surface area (TPSA) is 64.1 Å². The number of piperazine rings is 1. The fourth-order valence-corrected chi connectivity index (χ4v) is 5.84. The third-order valence-electron chi connectivity index (χ3n) is 6.68. The highest BCUT2D eigenvalue weighted by molar-refractivity contribution is 7.99. The van der Waals surface area contributed by atoms with Gasteiger partial charge in [-0.2, -0.15) is 0 Å². The van der Waals surface area contributed by atoms with Crippen LogP contribution in [0.2, 0.25) is 0 Å². The van der Waals surface area contributed by atoms with Gasteiger partial charge in [0.1, 0.15) is 5.75 Å². The monoisotopic (exact) mass is 507 g/mol. The van der Waals surface area contributed by atoms with Crippen LogP contribution in [0, 0.1) is 0 Å². The lowest BCUT2D eigenvalue weighted by Crippen LogP contribution is -2.47. The Bertz CT molecular complexity index is 1200. The van der Waals surface area contributed by atoms with Gasteiger partial charge in [0.25, 0.3) is 0 Å². The van der Waals surface area contributed by atoms with Crippen molar-refractivity contribution in [3.63, 3.8) is 0 Å². The summed E-state index contributed by atoms with van der Waals surface area (Å²) in [5.74, 6) is 2.05. The summed E-state index contributed by atoms with van der Waals surface area (Å²) in [6.45, 7) is 7.45. The van der Waals surface area contributed by atoms with Crippen LogP contribution in [0.4, 0.5) is 5.69 Å². The zero-order chi connectivity index (χ0) is 24.7. The quantitative estimate of drug-likeness (QED) is 0.221. The summed E-state index contributed by atoms with van der Waals surface area (Å²) >= 11 is 1.99. The van der Waals surface area contributed by atoms with Gasteiger partial charge >= 0.3 is 5.97 Å². The zero-order valence-electron chi connectivity index (χ0n) is 20.8. The Morgan fingerprint density at radius 3 is 2.75 bits per heavy atom. The van der Waals surface area contributed by atoms with E-state index in [2.05, 4.69) is 33.0 Å². The molecule has 1 saturated heterocycles. The number of unbranched alkanes of at least 4 members (excludes halogenated alkanes) is 1. The summed E-state index contributed by atoms with van der Waals surface area (Å²) in [5, 5.41) is 1.00. The Labute approximate surface area is 216 Å². The number of benzene rings is 2. The van der Waals surface area contributed by atoms with Gasteiger partial charge in [-0.05, 0) is 61.7 Å². The summed E-state index contributed by atoms with van der Waals surface area (Å²) in [7, 11) is 0. The SMILES string of the molecule is CC(=O)OCOc1ccc2ccc(OCCCCN3CCN(c4cccc5c4CCS5)CC3)cc2n1. The second kappa shape index (κ2) is 11.8. The highest BCUT2D eigenvalue weighted by Gasteiger charge is 2.22. The van der Waals surface area contributed by atoms with Crippen molar-refractivity contribution >= 4 is 34.3 Å². The molecule has 190 valence electrons. The van der Waals surface area contributed by atoms with E-state index < -0.39 is 0 Å². The van der Waals surface area contributed by atoms with Gasteiger partial charge in [0.05, 0.1) is 12.1 Å². The van der Waals surface area contributed by atoms with Gasteiger partial charge in [0.2, 0.25) is 12.7 Å². The van der Waals surface area contributed by atoms with Crippen molar-refractivity contribution in [1.82, 2.24) is 9.88 Å². The molecule has 3 heterocycles. The number of nitrogens with zero attached hydrogens (tertiary/aromatic N) is 3. The molecule has 0 atom stereocenters. The molecule has 7 nitrogen and oxygen atoms in total. The van der Waals surface area contributed by atoms with E-state index in [-0.39, 0.29) is 12.8 Å². The minimum absolute atomic E-state index is 0.146. The van der Waals surface area contributed by atoms with Gasteiger partial charge in [-0.3, -0.25) is 9.69 Å². The normalized spacial score (nSPS) is 15.6. The summed E-state index contributed by atoms with van der Waals surface area (Å²) < 4.78 is 16.2. The number of carbonyl (C=O) groups is 1. The van der Waals surface area contributed by atoms with Crippen molar-refractivity contribution in [2.75, 3.05) is 56.8 Å². The van der Waals surface area contributed by atoms with Crippen molar-refractivity contribution in [2.45, 2.75) is 31.1 Å². The molecular weight excluding hydrogens is 474 g/mol. The predicted molar refractivity (Wildman–Crippen MR) is 143 cm³/mol. The number of ether oxygens (including phenoxy) is 3. The maximum absolute atomic E-state index is 10.9. The Balaban J connectivity index is 1.03. The molecule has 1 fully saturated rings. The molecule has 0 unspecified atom stereocenters. The van der Waals surface area contributed by atoms with Crippen LogP contribution in [0.15, 0.2) is 53.4 Å². The molecule has 2 aliphatic heterocycles. The van der Waals surface area contributed by atoms with Crippen LogP contribution in [0.3, 0.4) is 0 Å². The number of carbonyl (C=O) groups excluding carboxylic acids is 1. The second-order valence-electron chi connectivity index (χ2n) is 9.14. The van der Waals surface area contributed by atoms with E-state index in [9.17, 15) is 4.79 Å². The molecule has 0 saturated carbocycles. The molecule has 0 radical (unpaired) electrons. The average Bonchev–Trinajstić information content (AvgIpc) is 3.38. The van der Waals surface area contributed by atoms with E-state index in [1.807, 2.05) is 36.0 Å². The largest absolute Gasteiger partial charge is 0.494 e. The number of hydrogen-bond donors (Lipinski definition) is 0. The number of anilines is 1. The van der Waals surface area contributed by atoms with Crippen molar-refractivity contribution < 1.29 is 19.0 Å². The Morgan fingerprint density at radius 1 is 1.03 bits per heavy atom. The number of rotatable bonds is 10. The van der Waals surface area contributed by atoms with E-state index in [0.29, 0.717) is 12.5 Å². The first-order valence-corrected chi connectivity index (χ1v) is 13.7. The standard InChI is InChI=1S/C28H33N3O4S/c1-21(32)34-20-35-28-10-8-22-7-9-23(19-25(22)29-28)33-17-3-2-12-30-13-15-31(16-14-30)26-5-4-6-27-24(26)11-18-36-27/h4-10,19H,2-3,11-18,20H2,1H3. The summed E-state index contributed by atoms with van der Waals surface area (Å²) in [6, 6.07) is 16.4. The van der Waals surface area contributed by atoms with Crippen LogP contribution in [-0.4, -0.2) is 67.7 Å². The van der Waals surface area contributed by atoms with Crippen LogP contribution < -0.4 is 14.4 Å². The van der Waals surface area contributed by atoms with Gasteiger partial charge in [-0.25, -0.2) is 4.98 Å². The van der Waals surface area contributed by atoms with E-state index in [1.165, 1.54) is 29.7 Å². The molecule has 0 N–H and O–H groups in total. The minimum Gasteiger partial charge on any atom is -0.494 e. The number of thioether (sulfide) groups is 1. The molecule has 0 bridgehead atoms. The fourth-order valence-electron chi connectivity index (χ4n) is 4.76. The van der Waals surface area contributed by atoms with E-state index in [4.69, 9.17) is 14.2 Å².